The van der Waals surface area contributed by atoms with Crippen LogP contribution < -0.4 is 5.32 Å². The summed E-state index contributed by atoms with van der Waals surface area (Å²) in [6, 6.07) is 6.86. The van der Waals surface area contributed by atoms with Crippen LogP contribution in [0.15, 0.2) is 30.6 Å². The minimum absolute atomic E-state index is 0.0717. The molecule has 1 fully saturated rings. The first-order valence-corrected chi connectivity index (χ1v) is 8.62. The molecule has 1 aliphatic heterocycles. The molecule has 1 N–H and O–H groups in total. The van der Waals surface area contributed by atoms with E-state index >= 15 is 0 Å². The highest BCUT2D eigenvalue weighted by molar-refractivity contribution is 6.39. The van der Waals surface area contributed by atoms with E-state index in [-0.39, 0.29) is 5.91 Å². The standard InChI is InChI=1S/C17H18Cl2N4O/c1-11-5-7-23(8-6-11)17(24)14-9-15(21-10-20-14)22-16-12(18)3-2-4-13(16)19/h2-4,9-11H,5-8H2,1H3,(H,20,21,22). The van der Waals surface area contributed by atoms with Crippen molar-refractivity contribution in [2.75, 3.05) is 18.4 Å². The van der Waals surface area contributed by atoms with Crippen molar-refractivity contribution in [3.8, 4) is 0 Å². The number of nitrogens with one attached hydrogen (secondary N) is 1. The Balaban J connectivity index is 1.78. The number of likely N-dealkylation sites (tertiary alicyclic amines) is 1. The van der Waals surface area contributed by atoms with E-state index in [4.69, 9.17) is 23.2 Å². The Bertz CT molecular complexity index is 725. The fourth-order valence-corrected chi connectivity index (χ4v) is 3.15. The number of halogens is 2. The Morgan fingerprint density at radius 2 is 1.88 bits per heavy atom. The molecule has 1 saturated heterocycles. The Morgan fingerprint density at radius 3 is 2.54 bits per heavy atom. The molecule has 7 heteroatoms. The van der Waals surface area contributed by atoms with Crippen LogP contribution in [-0.4, -0.2) is 33.9 Å². The molecule has 126 valence electrons. The van der Waals surface area contributed by atoms with Crippen molar-refractivity contribution in [3.63, 3.8) is 0 Å². The third-order valence-corrected chi connectivity index (χ3v) is 4.80. The van der Waals surface area contributed by atoms with Gasteiger partial charge in [0.2, 0.25) is 0 Å². The number of piperidine rings is 1. The average Bonchev–Trinajstić information content (AvgIpc) is 2.59. The molecule has 1 amide bonds. The second kappa shape index (κ2) is 7.36. The summed E-state index contributed by atoms with van der Waals surface area (Å²) in [4.78, 5) is 22.7. The zero-order chi connectivity index (χ0) is 17.1. The summed E-state index contributed by atoms with van der Waals surface area (Å²) < 4.78 is 0. The number of hydrogen-bond donors (Lipinski definition) is 1. The molecule has 0 atom stereocenters. The van der Waals surface area contributed by atoms with Gasteiger partial charge in [-0.05, 0) is 30.9 Å². The van der Waals surface area contributed by atoms with E-state index in [0.717, 1.165) is 25.9 Å². The van der Waals surface area contributed by atoms with Crippen molar-refractivity contribution >= 4 is 40.6 Å². The maximum absolute atomic E-state index is 12.6. The first-order chi connectivity index (χ1) is 11.5. The monoisotopic (exact) mass is 364 g/mol. The summed E-state index contributed by atoms with van der Waals surface area (Å²) in [6.45, 7) is 3.74. The number of nitrogens with zero attached hydrogens (tertiary/aromatic N) is 3. The fourth-order valence-electron chi connectivity index (χ4n) is 2.66. The van der Waals surface area contributed by atoms with Crippen LogP contribution in [0.1, 0.15) is 30.3 Å². The lowest BCUT2D eigenvalue weighted by Gasteiger charge is -2.30. The van der Waals surface area contributed by atoms with Crippen LogP contribution in [0.5, 0.6) is 0 Å². The molecule has 1 aromatic carbocycles. The smallest absolute Gasteiger partial charge is 0.272 e. The topological polar surface area (TPSA) is 58.1 Å². The summed E-state index contributed by atoms with van der Waals surface area (Å²) in [5, 5.41) is 4.03. The van der Waals surface area contributed by atoms with Gasteiger partial charge >= 0.3 is 0 Å². The molecule has 0 bridgehead atoms. The highest BCUT2D eigenvalue weighted by atomic mass is 35.5. The molecular formula is C17H18Cl2N4O. The van der Waals surface area contributed by atoms with E-state index in [1.807, 2.05) is 4.90 Å². The van der Waals surface area contributed by atoms with Crippen LogP contribution in [0.25, 0.3) is 0 Å². The first-order valence-electron chi connectivity index (χ1n) is 7.87. The normalized spacial score (nSPS) is 15.4. The second-order valence-corrected chi connectivity index (χ2v) is 6.80. The number of aromatic nitrogens is 2. The van der Waals surface area contributed by atoms with Gasteiger partial charge in [-0.25, -0.2) is 9.97 Å². The maximum atomic E-state index is 12.6. The maximum Gasteiger partial charge on any atom is 0.272 e. The number of para-hydroxylation sites is 1. The van der Waals surface area contributed by atoms with E-state index in [1.54, 1.807) is 24.3 Å². The van der Waals surface area contributed by atoms with Gasteiger partial charge in [-0.1, -0.05) is 36.2 Å². The SMILES string of the molecule is CC1CCN(C(=O)c2cc(Nc3c(Cl)cccc3Cl)ncn2)CC1. The van der Waals surface area contributed by atoms with Crippen molar-refractivity contribution in [1.29, 1.82) is 0 Å². The van der Waals surface area contributed by atoms with Gasteiger partial charge in [0.05, 0.1) is 15.7 Å². The van der Waals surface area contributed by atoms with Crippen LogP contribution in [0.2, 0.25) is 10.0 Å². The van der Waals surface area contributed by atoms with Crippen molar-refractivity contribution in [1.82, 2.24) is 14.9 Å². The van der Waals surface area contributed by atoms with Gasteiger partial charge in [0.15, 0.2) is 0 Å². The van der Waals surface area contributed by atoms with Crippen LogP contribution in [0.3, 0.4) is 0 Å². The number of hydrogen-bond acceptors (Lipinski definition) is 4. The molecular weight excluding hydrogens is 347 g/mol. The second-order valence-electron chi connectivity index (χ2n) is 5.98. The van der Waals surface area contributed by atoms with Crippen molar-refractivity contribution in [2.45, 2.75) is 19.8 Å². The Morgan fingerprint density at radius 1 is 1.21 bits per heavy atom. The van der Waals surface area contributed by atoms with Gasteiger partial charge in [-0.15, -0.1) is 0 Å². The number of carbonyl (C=O) groups excluding carboxylic acids is 1. The Labute approximate surface area is 151 Å². The highest BCUT2D eigenvalue weighted by Crippen LogP contribution is 2.32. The van der Waals surface area contributed by atoms with E-state index in [2.05, 4.69) is 22.2 Å². The lowest BCUT2D eigenvalue weighted by Crippen LogP contribution is -2.38. The Hall–Kier alpha value is -1.85. The number of amides is 1. The fraction of sp³-hybridized carbons (Fsp3) is 0.353. The average molecular weight is 365 g/mol. The number of rotatable bonds is 3. The summed E-state index contributed by atoms with van der Waals surface area (Å²) in [5.41, 5.74) is 0.926. The number of carbonyl (C=O) groups is 1. The van der Waals surface area contributed by atoms with Crippen LogP contribution in [0.4, 0.5) is 11.5 Å². The molecule has 2 heterocycles. The molecule has 3 rings (SSSR count). The first kappa shape index (κ1) is 17.0. The molecule has 0 spiro atoms. The Kier molecular flexibility index (Phi) is 5.21. The van der Waals surface area contributed by atoms with Gasteiger partial charge in [-0.3, -0.25) is 4.79 Å². The number of anilines is 2. The van der Waals surface area contributed by atoms with Crippen molar-refractivity contribution in [2.24, 2.45) is 5.92 Å². The predicted octanol–water partition coefficient (Wildman–Crippen LogP) is 4.40. The molecule has 1 aromatic heterocycles. The number of benzene rings is 1. The largest absolute Gasteiger partial charge is 0.338 e. The van der Waals surface area contributed by atoms with E-state index in [0.29, 0.717) is 33.2 Å². The minimum atomic E-state index is -0.0717. The molecule has 2 aromatic rings. The van der Waals surface area contributed by atoms with Gasteiger partial charge in [0, 0.05) is 19.2 Å². The van der Waals surface area contributed by atoms with Gasteiger partial charge in [0.1, 0.15) is 17.8 Å². The zero-order valence-corrected chi connectivity index (χ0v) is 14.8. The van der Waals surface area contributed by atoms with Crippen LogP contribution in [0, 0.1) is 5.92 Å². The quantitative estimate of drug-likeness (QED) is 0.876. The molecule has 1 aliphatic rings. The van der Waals surface area contributed by atoms with Crippen molar-refractivity contribution in [3.05, 3.63) is 46.3 Å². The molecule has 24 heavy (non-hydrogen) atoms. The van der Waals surface area contributed by atoms with Gasteiger partial charge < -0.3 is 10.2 Å². The predicted molar refractivity (Wildman–Crippen MR) is 96.1 cm³/mol. The van der Waals surface area contributed by atoms with E-state index in [9.17, 15) is 4.79 Å². The minimum Gasteiger partial charge on any atom is -0.338 e. The zero-order valence-electron chi connectivity index (χ0n) is 13.3. The molecule has 5 nitrogen and oxygen atoms in total. The molecule has 0 aliphatic carbocycles. The van der Waals surface area contributed by atoms with Crippen LogP contribution >= 0.6 is 23.2 Å². The third-order valence-electron chi connectivity index (χ3n) is 4.17. The lowest BCUT2D eigenvalue weighted by molar-refractivity contribution is 0.0691. The van der Waals surface area contributed by atoms with Gasteiger partial charge in [0.25, 0.3) is 5.91 Å². The van der Waals surface area contributed by atoms with Crippen molar-refractivity contribution < 1.29 is 4.79 Å². The highest BCUT2D eigenvalue weighted by Gasteiger charge is 2.22. The summed E-state index contributed by atoms with van der Waals surface area (Å²) in [5.74, 6) is 1.07. The third kappa shape index (κ3) is 3.79. The summed E-state index contributed by atoms with van der Waals surface area (Å²) in [6.07, 6.45) is 3.42. The molecule has 0 unspecified atom stereocenters. The van der Waals surface area contributed by atoms with Gasteiger partial charge in [-0.2, -0.15) is 0 Å². The lowest BCUT2D eigenvalue weighted by atomic mass is 9.99. The molecule has 0 saturated carbocycles. The summed E-state index contributed by atoms with van der Waals surface area (Å²) in [7, 11) is 0. The summed E-state index contributed by atoms with van der Waals surface area (Å²) >= 11 is 12.3. The van der Waals surface area contributed by atoms with Crippen LogP contribution in [-0.2, 0) is 0 Å². The van der Waals surface area contributed by atoms with E-state index in [1.165, 1.54) is 6.33 Å². The van der Waals surface area contributed by atoms with E-state index < -0.39 is 0 Å². The molecule has 0 radical (unpaired) electrons.